The van der Waals surface area contributed by atoms with Gasteiger partial charge in [0.2, 0.25) is 0 Å². The molecule has 92 valence electrons. The number of carbonyl (C=O) groups is 2. The maximum atomic E-state index is 12.2. The minimum absolute atomic E-state index is 0.0504. The first kappa shape index (κ1) is 12.6. The number of aryl methyl sites for hydroxylation is 1. The molecule has 3 nitrogen and oxygen atoms in total. The van der Waals surface area contributed by atoms with Crippen LogP contribution in [0.1, 0.15) is 12.5 Å². The molecule has 1 unspecified atom stereocenters. The van der Waals surface area contributed by atoms with Gasteiger partial charge in [0.05, 0.1) is 15.7 Å². The molecule has 0 aromatic heterocycles. The highest BCUT2D eigenvalue weighted by Gasteiger charge is 2.23. The Bertz CT molecular complexity index is 606. The Morgan fingerprint density at radius 2 is 1.50 bits per heavy atom. The van der Waals surface area contributed by atoms with E-state index in [0.29, 0.717) is 10.5 Å². The van der Waals surface area contributed by atoms with E-state index in [1.54, 1.807) is 19.1 Å². The normalized spacial score (nSPS) is 17.2. The van der Waals surface area contributed by atoms with Gasteiger partial charge in [-0.3, -0.25) is 9.59 Å². The number of rotatable bonds is 2. The van der Waals surface area contributed by atoms with Crippen molar-refractivity contribution < 1.29 is 13.8 Å². The summed E-state index contributed by atoms with van der Waals surface area (Å²) in [6, 6.07) is 7.05. The van der Waals surface area contributed by atoms with Gasteiger partial charge in [0.1, 0.15) is 0 Å². The van der Waals surface area contributed by atoms with E-state index in [1.807, 2.05) is 19.1 Å². The van der Waals surface area contributed by atoms with Crippen LogP contribution in [0.15, 0.2) is 51.8 Å². The molecule has 18 heavy (non-hydrogen) atoms. The van der Waals surface area contributed by atoms with E-state index in [4.69, 9.17) is 0 Å². The summed E-state index contributed by atoms with van der Waals surface area (Å²) in [6.45, 7) is 3.50. The van der Waals surface area contributed by atoms with Gasteiger partial charge in [-0.1, -0.05) is 17.7 Å². The van der Waals surface area contributed by atoms with Crippen molar-refractivity contribution in [3.63, 3.8) is 0 Å². The summed E-state index contributed by atoms with van der Waals surface area (Å²) >= 11 is 0. The van der Waals surface area contributed by atoms with Crippen molar-refractivity contribution in [2.45, 2.75) is 18.7 Å². The Kier molecular flexibility index (Phi) is 3.39. The second-order valence-electron chi connectivity index (χ2n) is 4.15. The Hall–Kier alpha value is -1.81. The van der Waals surface area contributed by atoms with E-state index in [0.717, 1.165) is 5.56 Å². The van der Waals surface area contributed by atoms with Crippen molar-refractivity contribution in [3.8, 4) is 0 Å². The highest BCUT2D eigenvalue weighted by atomic mass is 32.2. The fourth-order valence-electron chi connectivity index (χ4n) is 1.58. The topological polar surface area (TPSA) is 51.2 Å². The summed E-state index contributed by atoms with van der Waals surface area (Å²) in [4.78, 5) is 23.8. The molecule has 1 aromatic rings. The quantitative estimate of drug-likeness (QED) is 0.765. The Balaban J connectivity index is 2.36. The first-order valence-electron chi connectivity index (χ1n) is 5.46. The van der Waals surface area contributed by atoms with Crippen molar-refractivity contribution in [2.24, 2.45) is 0 Å². The largest absolute Gasteiger partial charge is 0.290 e. The molecule has 0 heterocycles. The summed E-state index contributed by atoms with van der Waals surface area (Å²) < 4.78 is 12.2. The lowest BCUT2D eigenvalue weighted by Gasteiger charge is -2.09. The van der Waals surface area contributed by atoms with Crippen LogP contribution >= 0.6 is 0 Å². The van der Waals surface area contributed by atoms with E-state index >= 15 is 0 Å². The first-order valence-corrected chi connectivity index (χ1v) is 6.61. The standard InChI is InChI=1S/C14H12O3S/c1-9-3-5-11(6-4-9)18(17)14-8-12(15)10(2)7-13(14)16/h3-8H,1-2H3. The molecule has 1 atom stereocenters. The van der Waals surface area contributed by atoms with E-state index in [1.165, 1.54) is 12.2 Å². The minimum Gasteiger partial charge on any atom is -0.290 e. The second kappa shape index (κ2) is 4.82. The number of hydrogen-bond donors (Lipinski definition) is 0. The molecule has 0 radical (unpaired) electrons. The zero-order valence-electron chi connectivity index (χ0n) is 10.1. The molecule has 0 bridgehead atoms. The Labute approximate surface area is 108 Å². The van der Waals surface area contributed by atoms with Gasteiger partial charge in [0.15, 0.2) is 11.6 Å². The van der Waals surface area contributed by atoms with Gasteiger partial charge in [-0.2, -0.15) is 0 Å². The fourth-order valence-corrected chi connectivity index (χ4v) is 2.67. The third-order valence-corrected chi connectivity index (χ3v) is 4.09. The Morgan fingerprint density at radius 1 is 0.889 bits per heavy atom. The zero-order chi connectivity index (χ0) is 13.3. The van der Waals surface area contributed by atoms with Crippen LogP contribution in [0.2, 0.25) is 0 Å². The molecule has 0 saturated carbocycles. The van der Waals surface area contributed by atoms with Crippen LogP contribution in [0.25, 0.3) is 0 Å². The smallest absolute Gasteiger partial charge is 0.195 e. The molecular weight excluding hydrogens is 248 g/mol. The molecule has 2 rings (SSSR count). The maximum absolute atomic E-state index is 12.2. The maximum Gasteiger partial charge on any atom is 0.195 e. The van der Waals surface area contributed by atoms with E-state index < -0.39 is 10.8 Å². The third kappa shape index (κ3) is 2.38. The van der Waals surface area contributed by atoms with Crippen LogP contribution in [0.3, 0.4) is 0 Å². The van der Waals surface area contributed by atoms with Crippen molar-refractivity contribution in [1.29, 1.82) is 0 Å². The molecule has 0 spiro atoms. The lowest BCUT2D eigenvalue weighted by Crippen LogP contribution is -2.15. The molecule has 0 fully saturated rings. The van der Waals surface area contributed by atoms with E-state index in [9.17, 15) is 13.8 Å². The number of ketones is 2. The third-order valence-electron chi connectivity index (χ3n) is 2.68. The van der Waals surface area contributed by atoms with Crippen LogP contribution in [0.5, 0.6) is 0 Å². The summed E-state index contributed by atoms with van der Waals surface area (Å²) in [5.74, 6) is -0.615. The summed E-state index contributed by atoms with van der Waals surface area (Å²) in [6.07, 6.45) is 2.41. The van der Waals surface area contributed by atoms with Gasteiger partial charge in [0, 0.05) is 16.5 Å². The van der Waals surface area contributed by atoms with Crippen molar-refractivity contribution in [2.75, 3.05) is 0 Å². The van der Waals surface area contributed by atoms with Gasteiger partial charge in [-0.25, -0.2) is 4.21 Å². The average molecular weight is 260 g/mol. The second-order valence-corrected chi connectivity index (χ2v) is 5.59. The fraction of sp³-hybridized carbons (Fsp3) is 0.143. The number of benzene rings is 1. The van der Waals surface area contributed by atoms with Crippen LogP contribution in [0, 0.1) is 6.92 Å². The molecule has 0 N–H and O–H groups in total. The molecule has 1 aliphatic carbocycles. The number of allylic oxidation sites excluding steroid dienone is 4. The van der Waals surface area contributed by atoms with E-state index in [-0.39, 0.29) is 16.5 Å². The first-order chi connectivity index (χ1) is 8.49. The van der Waals surface area contributed by atoms with Crippen LogP contribution in [0.4, 0.5) is 0 Å². The SMILES string of the molecule is CC1=CC(=O)C(S(=O)c2ccc(C)cc2)=CC1=O. The van der Waals surface area contributed by atoms with Crippen LogP contribution < -0.4 is 0 Å². The summed E-state index contributed by atoms with van der Waals surface area (Å²) in [5, 5.41) is 0. The van der Waals surface area contributed by atoms with Gasteiger partial charge in [0.25, 0.3) is 0 Å². The molecule has 4 heteroatoms. The lowest BCUT2D eigenvalue weighted by molar-refractivity contribution is -0.114. The van der Waals surface area contributed by atoms with Crippen LogP contribution in [-0.4, -0.2) is 15.8 Å². The summed E-state index contributed by atoms with van der Waals surface area (Å²) in [7, 11) is -1.60. The number of carbonyl (C=O) groups excluding carboxylic acids is 2. The van der Waals surface area contributed by atoms with Crippen molar-refractivity contribution in [1.82, 2.24) is 0 Å². The summed E-state index contributed by atoms with van der Waals surface area (Å²) in [5.41, 5.74) is 1.43. The molecule has 0 aliphatic heterocycles. The monoisotopic (exact) mass is 260 g/mol. The van der Waals surface area contributed by atoms with Gasteiger partial charge < -0.3 is 0 Å². The van der Waals surface area contributed by atoms with E-state index in [2.05, 4.69) is 0 Å². The number of hydrogen-bond acceptors (Lipinski definition) is 3. The molecular formula is C14H12O3S. The lowest BCUT2D eigenvalue weighted by atomic mass is 10.1. The van der Waals surface area contributed by atoms with Gasteiger partial charge in [-0.05, 0) is 32.1 Å². The van der Waals surface area contributed by atoms with Gasteiger partial charge in [-0.15, -0.1) is 0 Å². The Morgan fingerprint density at radius 3 is 2.11 bits per heavy atom. The molecule has 0 saturated heterocycles. The predicted octanol–water partition coefficient (Wildman–Crippen LogP) is 2.08. The molecule has 1 aliphatic rings. The zero-order valence-corrected chi connectivity index (χ0v) is 10.9. The highest BCUT2D eigenvalue weighted by molar-refractivity contribution is 7.90. The van der Waals surface area contributed by atoms with Gasteiger partial charge >= 0.3 is 0 Å². The van der Waals surface area contributed by atoms with Crippen molar-refractivity contribution in [3.05, 3.63) is 52.5 Å². The molecule has 0 amide bonds. The predicted molar refractivity (Wildman–Crippen MR) is 69.4 cm³/mol. The van der Waals surface area contributed by atoms with Crippen molar-refractivity contribution >= 4 is 22.4 Å². The minimum atomic E-state index is -1.60. The van der Waals surface area contributed by atoms with Crippen LogP contribution in [-0.2, 0) is 20.4 Å². The highest BCUT2D eigenvalue weighted by Crippen LogP contribution is 2.20. The molecule has 1 aromatic carbocycles. The average Bonchev–Trinajstić information content (AvgIpc) is 2.34.